The van der Waals surface area contributed by atoms with E-state index in [1.807, 2.05) is 5.43 Å². The number of primary amides is 1. The van der Waals surface area contributed by atoms with Crippen LogP contribution in [-0.4, -0.2) is 26.7 Å². The molecule has 2 heterocycles. The highest BCUT2D eigenvalue weighted by molar-refractivity contribution is 5.83. The Morgan fingerprint density at radius 1 is 1.56 bits per heavy atom. The van der Waals surface area contributed by atoms with E-state index in [1.165, 1.54) is 10.6 Å². The van der Waals surface area contributed by atoms with Crippen molar-refractivity contribution in [3.63, 3.8) is 0 Å². The van der Waals surface area contributed by atoms with Crippen molar-refractivity contribution in [3.8, 4) is 5.88 Å². The number of aromatic hydroxyl groups is 1. The number of aromatic nitrogens is 2. The summed E-state index contributed by atoms with van der Waals surface area (Å²) in [6.45, 7) is 0. The van der Waals surface area contributed by atoms with Gasteiger partial charge in [-0.05, 0) is 12.1 Å². The summed E-state index contributed by atoms with van der Waals surface area (Å²) in [4.78, 5) is 26.2. The summed E-state index contributed by atoms with van der Waals surface area (Å²) in [5.41, 5.74) is 6.37. The van der Waals surface area contributed by atoms with E-state index >= 15 is 0 Å². The number of pyridine rings is 1. The highest BCUT2D eigenvalue weighted by atomic mass is 16.3. The number of amides is 2. The lowest BCUT2D eigenvalue weighted by molar-refractivity contribution is 0.249. The van der Waals surface area contributed by atoms with E-state index in [-0.39, 0.29) is 5.56 Å². The number of hydrogen-bond acceptors (Lipinski definition) is 5. The summed E-state index contributed by atoms with van der Waals surface area (Å²) in [6, 6.07) is 4.03. The van der Waals surface area contributed by atoms with Crippen LogP contribution >= 0.6 is 0 Å². The van der Waals surface area contributed by atoms with Crippen LogP contribution in [0, 0.1) is 0 Å². The average Bonchev–Trinajstić information content (AvgIpc) is 2.33. The number of nitrogens with two attached hydrogens (primary N) is 1. The molecule has 0 aliphatic rings. The van der Waals surface area contributed by atoms with Gasteiger partial charge in [0.25, 0.3) is 5.56 Å². The van der Waals surface area contributed by atoms with Gasteiger partial charge in [-0.2, -0.15) is 10.1 Å². The lowest BCUT2D eigenvalue weighted by atomic mass is 10.3. The van der Waals surface area contributed by atoms with Crippen LogP contribution in [-0.2, 0) is 0 Å². The van der Waals surface area contributed by atoms with Crippen molar-refractivity contribution in [1.82, 2.24) is 14.8 Å². The first-order valence-corrected chi connectivity index (χ1v) is 4.88. The Balaban J connectivity index is 2.54. The topological polar surface area (TPSA) is 122 Å². The molecule has 0 aliphatic carbocycles. The molecule has 8 heteroatoms. The van der Waals surface area contributed by atoms with Crippen LogP contribution in [0.3, 0.4) is 0 Å². The fraction of sp³-hybridized carbons (Fsp3) is 0. The molecule has 0 saturated heterocycles. The summed E-state index contributed by atoms with van der Waals surface area (Å²) in [5.74, 6) is -0.471. The van der Waals surface area contributed by atoms with Gasteiger partial charge >= 0.3 is 6.03 Å². The van der Waals surface area contributed by atoms with Crippen LogP contribution in [0.2, 0.25) is 0 Å². The van der Waals surface area contributed by atoms with Crippen molar-refractivity contribution < 1.29 is 9.90 Å². The van der Waals surface area contributed by atoms with Gasteiger partial charge in [-0.3, -0.25) is 9.20 Å². The van der Waals surface area contributed by atoms with Crippen LogP contribution in [0.25, 0.3) is 5.65 Å². The second-order valence-corrected chi connectivity index (χ2v) is 3.32. The molecule has 2 aromatic heterocycles. The molecule has 4 N–H and O–H groups in total. The predicted molar refractivity (Wildman–Crippen MR) is 63.4 cm³/mol. The van der Waals surface area contributed by atoms with Crippen molar-refractivity contribution in [2.24, 2.45) is 10.8 Å². The van der Waals surface area contributed by atoms with E-state index in [4.69, 9.17) is 5.73 Å². The minimum absolute atomic E-state index is 0.146. The lowest BCUT2D eigenvalue weighted by Crippen LogP contribution is -2.25. The molecule has 18 heavy (non-hydrogen) atoms. The Morgan fingerprint density at radius 2 is 2.33 bits per heavy atom. The number of carbonyl (C=O) groups is 1. The minimum atomic E-state index is -0.875. The standard InChI is InChI=1S/C10H9N5O3/c11-10(18)14-12-5-6-8(16)13-7-3-1-2-4-15(7)9(6)17/h1-5,16H,(H3,11,14,18)/b12-5+. The van der Waals surface area contributed by atoms with Gasteiger partial charge in [-0.1, -0.05) is 6.07 Å². The van der Waals surface area contributed by atoms with E-state index in [1.54, 1.807) is 18.2 Å². The molecule has 0 fully saturated rings. The molecular weight excluding hydrogens is 238 g/mol. The van der Waals surface area contributed by atoms with E-state index in [2.05, 4.69) is 10.1 Å². The summed E-state index contributed by atoms with van der Waals surface area (Å²) < 4.78 is 1.24. The zero-order valence-corrected chi connectivity index (χ0v) is 9.07. The molecule has 2 amide bonds. The molecule has 2 rings (SSSR count). The third-order valence-electron chi connectivity index (χ3n) is 2.12. The first-order chi connectivity index (χ1) is 8.59. The number of urea groups is 1. The molecule has 0 radical (unpaired) electrons. The number of hydrazone groups is 1. The molecule has 0 bridgehead atoms. The van der Waals surface area contributed by atoms with Gasteiger partial charge in [0.1, 0.15) is 11.2 Å². The number of nitrogens with one attached hydrogen (secondary N) is 1. The van der Waals surface area contributed by atoms with E-state index in [9.17, 15) is 14.7 Å². The lowest BCUT2D eigenvalue weighted by Gasteiger charge is -2.02. The van der Waals surface area contributed by atoms with E-state index < -0.39 is 17.5 Å². The Bertz CT molecular complexity index is 691. The molecule has 0 aromatic carbocycles. The van der Waals surface area contributed by atoms with Gasteiger partial charge in [0.05, 0.1) is 6.21 Å². The minimum Gasteiger partial charge on any atom is -0.493 e. The zero-order chi connectivity index (χ0) is 13.1. The quantitative estimate of drug-likeness (QED) is 0.484. The van der Waals surface area contributed by atoms with E-state index in [0.717, 1.165) is 6.21 Å². The largest absolute Gasteiger partial charge is 0.493 e. The smallest absolute Gasteiger partial charge is 0.332 e. The Kier molecular flexibility index (Phi) is 2.92. The van der Waals surface area contributed by atoms with Gasteiger partial charge in [-0.15, -0.1) is 0 Å². The van der Waals surface area contributed by atoms with Crippen molar-refractivity contribution in [2.45, 2.75) is 0 Å². The van der Waals surface area contributed by atoms with Gasteiger partial charge < -0.3 is 10.8 Å². The normalized spacial score (nSPS) is 10.9. The fourth-order valence-electron chi connectivity index (χ4n) is 1.36. The highest BCUT2D eigenvalue weighted by Crippen LogP contribution is 2.08. The Morgan fingerprint density at radius 3 is 3.06 bits per heavy atom. The molecule has 8 nitrogen and oxygen atoms in total. The van der Waals surface area contributed by atoms with Gasteiger partial charge in [0, 0.05) is 6.20 Å². The van der Waals surface area contributed by atoms with Gasteiger partial charge in [0.2, 0.25) is 5.88 Å². The maximum Gasteiger partial charge on any atom is 0.332 e. The van der Waals surface area contributed by atoms with Crippen LogP contribution in [0.15, 0.2) is 34.3 Å². The second-order valence-electron chi connectivity index (χ2n) is 3.32. The monoisotopic (exact) mass is 247 g/mol. The zero-order valence-electron chi connectivity index (χ0n) is 9.07. The highest BCUT2D eigenvalue weighted by Gasteiger charge is 2.09. The Hall–Kier alpha value is -2.90. The second kappa shape index (κ2) is 4.53. The average molecular weight is 247 g/mol. The third kappa shape index (κ3) is 2.12. The SMILES string of the molecule is NC(=O)N/N=C/c1c(O)nc2ccccn2c1=O. The van der Waals surface area contributed by atoms with E-state index in [0.29, 0.717) is 5.65 Å². The number of nitrogens with zero attached hydrogens (tertiary/aromatic N) is 3. The molecule has 2 aromatic rings. The Labute approximate surface area is 100 Å². The number of rotatable bonds is 2. The molecule has 0 saturated carbocycles. The number of fused-ring (bicyclic) bond motifs is 1. The summed E-state index contributed by atoms with van der Waals surface area (Å²) in [6.07, 6.45) is 2.48. The molecule has 0 spiro atoms. The first kappa shape index (κ1) is 11.6. The molecular formula is C10H9N5O3. The van der Waals surface area contributed by atoms with Crippen molar-refractivity contribution in [3.05, 3.63) is 40.3 Å². The van der Waals surface area contributed by atoms with Crippen LogP contribution in [0.1, 0.15) is 5.56 Å². The molecule has 0 unspecified atom stereocenters. The predicted octanol–water partition coefficient (Wildman–Crippen LogP) is -0.598. The van der Waals surface area contributed by atoms with Crippen LogP contribution in [0.4, 0.5) is 4.79 Å². The maximum atomic E-state index is 12.0. The van der Waals surface area contributed by atoms with Gasteiger partial charge in [0.15, 0.2) is 0 Å². The van der Waals surface area contributed by atoms with Crippen molar-refractivity contribution in [2.75, 3.05) is 0 Å². The number of carbonyl (C=O) groups excluding carboxylic acids is 1. The summed E-state index contributed by atoms with van der Waals surface area (Å²) in [5, 5.41) is 13.0. The molecule has 0 aliphatic heterocycles. The van der Waals surface area contributed by atoms with Crippen LogP contribution < -0.4 is 16.7 Å². The molecule has 0 atom stereocenters. The van der Waals surface area contributed by atoms with Crippen molar-refractivity contribution in [1.29, 1.82) is 0 Å². The van der Waals surface area contributed by atoms with Gasteiger partial charge in [-0.25, -0.2) is 10.2 Å². The summed E-state index contributed by atoms with van der Waals surface area (Å²) in [7, 11) is 0. The summed E-state index contributed by atoms with van der Waals surface area (Å²) >= 11 is 0. The maximum absolute atomic E-state index is 12.0. The fourth-order valence-corrected chi connectivity index (χ4v) is 1.36. The molecule has 92 valence electrons. The van der Waals surface area contributed by atoms with Crippen molar-refractivity contribution >= 4 is 17.9 Å². The van der Waals surface area contributed by atoms with Crippen LogP contribution in [0.5, 0.6) is 5.88 Å². The first-order valence-electron chi connectivity index (χ1n) is 4.88. The number of hydrogen-bond donors (Lipinski definition) is 3. The third-order valence-corrected chi connectivity index (χ3v) is 2.12.